The molecule has 0 bridgehead atoms. The molecule has 0 unspecified atom stereocenters. The van der Waals surface area contributed by atoms with Crippen LogP contribution in [0.25, 0.3) is 0 Å². The molecule has 0 saturated heterocycles. The number of carbonyl (C=O) groups is 1. The Labute approximate surface area is 63.1 Å². The summed E-state index contributed by atoms with van der Waals surface area (Å²) in [5.41, 5.74) is 0. The normalized spacial score (nSPS) is 10.6. The van der Waals surface area contributed by atoms with Gasteiger partial charge in [0.2, 0.25) is 0 Å². The average molecular weight is 140 g/mol. The Balaban J connectivity index is 2.98. The van der Waals surface area contributed by atoms with Crippen LogP contribution in [0.2, 0.25) is 0 Å². The number of hydrogen-bond donors (Lipinski definition) is 0. The Bertz CT molecular complexity index is 114. The molecule has 0 spiro atoms. The van der Waals surface area contributed by atoms with E-state index in [1.54, 1.807) is 6.92 Å². The van der Waals surface area contributed by atoms with Gasteiger partial charge < -0.3 is 4.79 Å². The Morgan fingerprint density at radius 2 is 2.10 bits per heavy atom. The van der Waals surface area contributed by atoms with Gasteiger partial charge in [-0.15, -0.1) is 0 Å². The van der Waals surface area contributed by atoms with Crippen LogP contribution in [0.5, 0.6) is 0 Å². The van der Waals surface area contributed by atoms with Gasteiger partial charge in [0.1, 0.15) is 5.78 Å². The van der Waals surface area contributed by atoms with Gasteiger partial charge >= 0.3 is 0 Å². The van der Waals surface area contributed by atoms with Gasteiger partial charge in [-0.1, -0.05) is 12.2 Å². The lowest BCUT2D eigenvalue weighted by atomic mass is 10.1. The third-order valence-electron chi connectivity index (χ3n) is 1.39. The van der Waals surface area contributed by atoms with Crippen molar-refractivity contribution in [2.75, 3.05) is 0 Å². The zero-order chi connectivity index (χ0) is 7.82. The molecule has 0 saturated carbocycles. The Kier molecular flexibility index (Phi) is 6.14. The summed E-state index contributed by atoms with van der Waals surface area (Å²) in [6.07, 6.45) is 8.23. The second-order valence-electron chi connectivity index (χ2n) is 2.52. The molecule has 0 aromatic rings. The molecule has 0 aromatic carbocycles. The average Bonchev–Trinajstić information content (AvgIpc) is 1.87. The molecule has 0 amide bonds. The molecule has 0 aromatic heterocycles. The summed E-state index contributed by atoms with van der Waals surface area (Å²) in [5, 5.41) is 0. The highest BCUT2D eigenvalue weighted by molar-refractivity contribution is 5.75. The second kappa shape index (κ2) is 6.53. The SMILES string of the molecule is C/C=C/CCCCC(C)=O. The first-order valence-electron chi connectivity index (χ1n) is 3.88. The minimum Gasteiger partial charge on any atom is -0.300 e. The predicted octanol–water partition coefficient (Wildman–Crippen LogP) is 2.71. The molecule has 0 N–H and O–H groups in total. The van der Waals surface area contributed by atoms with Crippen LogP contribution in [0.4, 0.5) is 0 Å². The largest absolute Gasteiger partial charge is 0.300 e. The van der Waals surface area contributed by atoms with Crippen LogP contribution in [-0.4, -0.2) is 5.78 Å². The van der Waals surface area contributed by atoms with Crippen LogP contribution in [0.15, 0.2) is 12.2 Å². The highest BCUT2D eigenvalue weighted by atomic mass is 16.1. The van der Waals surface area contributed by atoms with Gasteiger partial charge in [0.05, 0.1) is 0 Å². The van der Waals surface area contributed by atoms with Crippen LogP contribution in [0, 0.1) is 0 Å². The molecule has 0 heterocycles. The first kappa shape index (κ1) is 9.41. The smallest absolute Gasteiger partial charge is 0.129 e. The minimum atomic E-state index is 0.306. The fraction of sp³-hybridized carbons (Fsp3) is 0.667. The molecular formula is C9H16O. The Hall–Kier alpha value is -0.590. The van der Waals surface area contributed by atoms with E-state index in [0.717, 1.165) is 25.7 Å². The fourth-order valence-electron chi connectivity index (χ4n) is 0.803. The lowest BCUT2D eigenvalue weighted by molar-refractivity contribution is -0.117. The zero-order valence-corrected chi connectivity index (χ0v) is 6.89. The van der Waals surface area contributed by atoms with Crippen molar-refractivity contribution in [2.24, 2.45) is 0 Å². The fourth-order valence-corrected chi connectivity index (χ4v) is 0.803. The van der Waals surface area contributed by atoms with Crippen LogP contribution in [0.1, 0.15) is 39.5 Å². The van der Waals surface area contributed by atoms with E-state index < -0.39 is 0 Å². The maximum atomic E-state index is 10.5. The van der Waals surface area contributed by atoms with E-state index in [9.17, 15) is 4.79 Å². The monoisotopic (exact) mass is 140 g/mol. The summed E-state index contributed by atoms with van der Waals surface area (Å²) in [7, 11) is 0. The van der Waals surface area contributed by atoms with E-state index in [4.69, 9.17) is 0 Å². The van der Waals surface area contributed by atoms with Gasteiger partial charge in [0.15, 0.2) is 0 Å². The molecule has 0 radical (unpaired) electrons. The number of ketones is 1. The molecule has 1 nitrogen and oxygen atoms in total. The quantitative estimate of drug-likeness (QED) is 0.424. The summed E-state index contributed by atoms with van der Waals surface area (Å²) in [5.74, 6) is 0.306. The molecular weight excluding hydrogens is 124 g/mol. The summed E-state index contributed by atoms with van der Waals surface area (Å²) in [4.78, 5) is 10.5. The second-order valence-corrected chi connectivity index (χ2v) is 2.52. The molecule has 58 valence electrons. The van der Waals surface area contributed by atoms with Crippen LogP contribution >= 0.6 is 0 Å². The summed E-state index contributed by atoms with van der Waals surface area (Å²) in [6, 6.07) is 0. The van der Waals surface area contributed by atoms with E-state index in [0.29, 0.717) is 5.78 Å². The lowest BCUT2D eigenvalue weighted by Crippen LogP contribution is -1.88. The summed E-state index contributed by atoms with van der Waals surface area (Å²) < 4.78 is 0. The van der Waals surface area contributed by atoms with Crippen LogP contribution in [0.3, 0.4) is 0 Å². The van der Waals surface area contributed by atoms with Crippen molar-refractivity contribution in [3.8, 4) is 0 Å². The van der Waals surface area contributed by atoms with Crippen LogP contribution in [-0.2, 0) is 4.79 Å². The number of carbonyl (C=O) groups excluding carboxylic acids is 1. The molecule has 0 rings (SSSR count). The Morgan fingerprint density at radius 1 is 1.40 bits per heavy atom. The maximum absolute atomic E-state index is 10.5. The van der Waals surface area contributed by atoms with E-state index in [-0.39, 0.29) is 0 Å². The summed E-state index contributed by atoms with van der Waals surface area (Å²) in [6.45, 7) is 3.67. The number of unbranched alkanes of at least 4 members (excludes halogenated alkanes) is 2. The molecule has 0 atom stereocenters. The van der Waals surface area contributed by atoms with Gasteiger partial charge in [-0.25, -0.2) is 0 Å². The van der Waals surface area contributed by atoms with Crippen molar-refractivity contribution in [1.29, 1.82) is 0 Å². The number of hydrogen-bond acceptors (Lipinski definition) is 1. The molecule has 1 heteroatoms. The van der Waals surface area contributed by atoms with E-state index in [1.807, 2.05) is 13.0 Å². The van der Waals surface area contributed by atoms with Crippen molar-refractivity contribution in [3.63, 3.8) is 0 Å². The molecule has 0 aliphatic heterocycles. The first-order valence-corrected chi connectivity index (χ1v) is 3.88. The zero-order valence-electron chi connectivity index (χ0n) is 6.89. The first-order chi connectivity index (χ1) is 4.77. The van der Waals surface area contributed by atoms with Gasteiger partial charge in [-0.3, -0.25) is 0 Å². The van der Waals surface area contributed by atoms with Crippen molar-refractivity contribution in [1.82, 2.24) is 0 Å². The van der Waals surface area contributed by atoms with Crippen molar-refractivity contribution >= 4 is 5.78 Å². The topological polar surface area (TPSA) is 17.1 Å². The number of Topliss-reactive ketones (excluding diaryl/α,β-unsaturated/α-hetero) is 1. The number of allylic oxidation sites excluding steroid dienone is 2. The van der Waals surface area contributed by atoms with Gasteiger partial charge in [-0.2, -0.15) is 0 Å². The van der Waals surface area contributed by atoms with Gasteiger partial charge in [0.25, 0.3) is 0 Å². The maximum Gasteiger partial charge on any atom is 0.129 e. The standard InChI is InChI=1S/C9H16O/c1-3-4-5-6-7-8-9(2)10/h3-4H,5-8H2,1-2H3/b4-3+. The van der Waals surface area contributed by atoms with Crippen molar-refractivity contribution in [2.45, 2.75) is 39.5 Å². The predicted molar refractivity (Wildman–Crippen MR) is 44.0 cm³/mol. The third kappa shape index (κ3) is 7.41. The highest BCUT2D eigenvalue weighted by Gasteiger charge is 1.90. The van der Waals surface area contributed by atoms with E-state index in [2.05, 4.69) is 6.08 Å². The van der Waals surface area contributed by atoms with Crippen LogP contribution < -0.4 is 0 Å². The van der Waals surface area contributed by atoms with Gasteiger partial charge in [0, 0.05) is 6.42 Å². The van der Waals surface area contributed by atoms with E-state index >= 15 is 0 Å². The minimum absolute atomic E-state index is 0.306. The molecule has 0 aliphatic carbocycles. The van der Waals surface area contributed by atoms with Gasteiger partial charge in [-0.05, 0) is 33.1 Å². The Morgan fingerprint density at radius 3 is 2.60 bits per heavy atom. The van der Waals surface area contributed by atoms with Crippen molar-refractivity contribution in [3.05, 3.63) is 12.2 Å². The highest BCUT2D eigenvalue weighted by Crippen LogP contribution is 2.00. The lowest BCUT2D eigenvalue weighted by Gasteiger charge is -1.92. The molecule has 10 heavy (non-hydrogen) atoms. The third-order valence-corrected chi connectivity index (χ3v) is 1.39. The summed E-state index contributed by atoms with van der Waals surface area (Å²) >= 11 is 0. The van der Waals surface area contributed by atoms with Crippen molar-refractivity contribution < 1.29 is 4.79 Å². The molecule has 0 fully saturated rings. The van der Waals surface area contributed by atoms with E-state index in [1.165, 1.54) is 0 Å². The number of rotatable bonds is 5. The molecule has 0 aliphatic rings.